The number of aryl methyl sites for hydroxylation is 1. The topological polar surface area (TPSA) is 98.4 Å². The standard InChI is InChI=1S/C22H22N4O4/c1-14-10-17(25-26(14)16-8-6-5-7-9-16)22(27)24-18(13-23)15-11-19(28-2)21(30-4)20(12-15)29-3/h5-12,18H,1-4H3,(H,24,27). The number of benzene rings is 2. The van der Waals surface area contributed by atoms with E-state index in [2.05, 4.69) is 16.5 Å². The van der Waals surface area contributed by atoms with Crippen LogP contribution < -0.4 is 19.5 Å². The summed E-state index contributed by atoms with van der Waals surface area (Å²) in [5, 5.41) is 16.7. The van der Waals surface area contributed by atoms with Gasteiger partial charge in [0, 0.05) is 5.69 Å². The minimum atomic E-state index is -0.937. The lowest BCUT2D eigenvalue weighted by molar-refractivity contribution is 0.0939. The number of hydrogen-bond donors (Lipinski definition) is 1. The van der Waals surface area contributed by atoms with E-state index in [1.807, 2.05) is 37.3 Å². The molecule has 2 aromatic carbocycles. The first-order valence-electron chi connectivity index (χ1n) is 9.14. The second kappa shape index (κ2) is 9.01. The molecule has 0 aliphatic carbocycles. The van der Waals surface area contributed by atoms with Crippen molar-refractivity contribution in [2.24, 2.45) is 0 Å². The summed E-state index contributed by atoms with van der Waals surface area (Å²) in [6, 6.07) is 15.6. The Bertz CT molecular complexity index is 1060. The minimum absolute atomic E-state index is 0.212. The molecule has 1 atom stereocenters. The van der Waals surface area contributed by atoms with Crippen molar-refractivity contribution < 1.29 is 19.0 Å². The number of carbonyl (C=O) groups excluding carboxylic acids is 1. The fraction of sp³-hybridized carbons (Fsp3) is 0.227. The third kappa shape index (κ3) is 4.05. The number of nitrogens with zero attached hydrogens (tertiary/aromatic N) is 3. The maximum atomic E-state index is 12.8. The Morgan fingerprint density at radius 1 is 1.07 bits per heavy atom. The Balaban J connectivity index is 1.88. The monoisotopic (exact) mass is 406 g/mol. The molecular formula is C22H22N4O4. The Kier molecular flexibility index (Phi) is 6.23. The molecular weight excluding hydrogens is 384 g/mol. The predicted molar refractivity (Wildman–Crippen MR) is 110 cm³/mol. The molecule has 30 heavy (non-hydrogen) atoms. The van der Waals surface area contributed by atoms with E-state index < -0.39 is 11.9 Å². The molecule has 3 aromatic rings. The van der Waals surface area contributed by atoms with E-state index in [9.17, 15) is 10.1 Å². The molecule has 1 aromatic heterocycles. The van der Waals surface area contributed by atoms with Gasteiger partial charge in [0.25, 0.3) is 5.91 Å². The van der Waals surface area contributed by atoms with Crippen LogP contribution in [-0.2, 0) is 0 Å². The van der Waals surface area contributed by atoms with Crippen molar-refractivity contribution in [2.45, 2.75) is 13.0 Å². The lowest BCUT2D eigenvalue weighted by Crippen LogP contribution is -2.28. The quantitative estimate of drug-likeness (QED) is 0.647. The van der Waals surface area contributed by atoms with Crippen molar-refractivity contribution in [1.82, 2.24) is 15.1 Å². The summed E-state index contributed by atoms with van der Waals surface area (Å²) in [5.74, 6) is 0.730. The molecule has 154 valence electrons. The van der Waals surface area contributed by atoms with Crippen molar-refractivity contribution in [2.75, 3.05) is 21.3 Å². The van der Waals surface area contributed by atoms with Crippen molar-refractivity contribution in [3.63, 3.8) is 0 Å². The molecule has 1 amide bonds. The molecule has 0 radical (unpaired) electrons. The summed E-state index contributed by atoms with van der Waals surface area (Å²) >= 11 is 0. The van der Waals surface area contributed by atoms with Gasteiger partial charge < -0.3 is 19.5 Å². The maximum Gasteiger partial charge on any atom is 0.273 e. The number of rotatable bonds is 7. The van der Waals surface area contributed by atoms with Gasteiger partial charge in [-0.3, -0.25) is 4.79 Å². The fourth-order valence-electron chi connectivity index (χ4n) is 3.08. The zero-order chi connectivity index (χ0) is 21.7. The van der Waals surface area contributed by atoms with Crippen LogP contribution in [0.2, 0.25) is 0 Å². The summed E-state index contributed by atoms with van der Waals surface area (Å²) in [7, 11) is 4.47. The first kappa shape index (κ1) is 20.7. The molecule has 1 N–H and O–H groups in total. The SMILES string of the molecule is COc1cc(C(C#N)NC(=O)c2cc(C)n(-c3ccccc3)n2)cc(OC)c1OC. The molecule has 0 spiro atoms. The number of carbonyl (C=O) groups is 1. The fourth-order valence-corrected chi connectivity index (χ4v) is 3.08. The molecule has 0 saturated carbocycles. The number of para-hydroxylation sites is 1. The summed E-state index contributed by atoms with van der Waals surface area (Å²) in [4.78, 5) is 12.8. The van der Waals surface area contributed by atoms with Crippen molar-refractivity contribution in [1.29, 1.82) is 5.26 Å². The van der Waals surface area contributed by atoms with E-state index in [4.69, 9.17) is 14.2 Å². The third-order valence-electron chi connectivity index (χ3n) is 4.55. The van der Waals surface area contributed by atoms with Gasteiger partial charge in [0.1, 0.15) is 6.04 Å². The highest BCUT2D eigenvalue weighted by Gasteiger charge is 2.22. The second-order valence-electron chi connectivity index (χ2n) is 6.41. The minimum Gasteiger partial charge on any atom is -0.493 e. The normalized spacial score (nSPS) is 11.3. The van der Waals surface area contributed by atoms with Crippen LogP contribution in [0, 0.1) is 18.3 Å². The van der Waals surface area contributed by atoms with E-state index in [0.717, 1.165) is 11.4 Å². The lowest BCUT2D eigenvalue weighted by atomic mass is 10.1. The number of hydrogen-bond acceptors (Lipinski definition) is 6. The van der Waals surface area contributed by atoms with Crippen LogP contribution in [0.1, 0.15) is 27.8 Å². The third-order valence-corrected chi connectivity index (χ3v) is 4.55. The second-order valence-corrected chi connectivity index (χ2v) is 6.41. The van der Waals surface area contributed by atoms with Crippen LogP contribution in [-0.4, -0.2) is 37.0 Å². The Morgan fingerprint density at radius 2 is 1.70 bits per heavy atom. The van der Waals surface area contributed by atoms with Crippen LogP contribution in [0.3, 0.4) is 0 Å². The van der Waals surface area contributed by atoms with E-state index in [1.165, 1.54) is 21.3 Å². The van der Waals surface area contributed by atoms with Crippen molar-refractivity contribution >= 4 is 5.91 Å². The largest absolute Gasteiger partial charge is 0.493 e. The van der Waals surface area contributed by atoms with E-state index in [0.29, 0.717) is 22.8 Å². The Hall–Kier alpha value is -3.99. The smallest absolute Gasteiger partial charge is 0.273 e. The van der Waals surface area contributed by atoms with Gasteiger partial charge in [-0.05, 0) is 42.8 Å². The Morgan fingerprint density at radius 3 is 2.23 bits per heavy atom. The molecule has 0 aliphatic heterocycles. The highest BCUT2D eigenvalue weighted by Crippen LogP contribution is 2.39. The maximum absolute atomic E-state index is 12.8. The van der Waals surface area contributed by atoms with Crippen LogP contribution in [0.4, 0.5) is 0 Å². The van der Waals surface area contributed by atoms with Crippen molar-refractivity contribution in [3.05, 3.63) is 65.5 Å². The molecule has 3 rings (SSSR count). The average molecular weight is 406 g/mol. The summed E-state index contributed by atoms with van der Waals surface area (Å²) in [6.07, 6.45) is 0. The summed E-state index contributed by atoms with van der Waals surface area (Å²) in [6.45, 7) is 1.86. The van der Waals surface area contributed by atoms with Gasteiger partial charge in [-0.1, -0.05) is 18.2 Å². The molecule has 8 heteroatoms. The van der Waals surface area contributed by atoms with Gasteiger partial charge in [0.05, 0.1) is 33.1 Å². The van der Waals surface area contributed by atoms with Crippen LogP contribution in [0.25, 0.3) is 5.69 Å². The zero-order valence-corrected chi connectivity index (χ0v) is 17.2. The number of nitriles is 1. The molecule has 1 heterocycles. The summed E-state index contributed by atoms with van der Waals surface area (Å²) in [5.41, 5.74) is 2.35. The summed E-state index contributed by atoms with van der Waals surface area (Å²) < 4.78 is 17.6. The predicted octanol–water partition coefficient (Wildman–Crippen LogP) is 3.20. The van der Waals surface area contributed by atoms with Gasteiger partial charge in [0.2, 0.25) is 5.75 Å². The molecule has 0 fully saturated rings. The molecule has 8 nitrogen and oxygen atoms in total. The molecule has 0 aliphatic rings. The molecule has 0 saturated heterocycles. The van der Waals surface area contributed by atoms with Crippen LogP contribution in [0.5, 0.6) is 17.2 Å². The lowest BCUT2D eigenvalue weighted by Gasteiger charge is -2.17. The molecule has 0 bridgehead atoms. The highest BCUT2D eigenvalue weighted by atomic mass is 16.5. The Labute approximate surface area is 174 Å². The van der Waals surface area contributed by atoms with E-state index in [-0.39, 0.29) is 5.69 Å². The van der Waals surface area contributed by atoms with Crippen LogP contribution >= 0.6 is 0 Å². The average Bonchev–Trinajstić information content (AvgIpc) is 3.18. The van der Waals surface area contributed by atoms with Gasteiger partial charge in [0.15, 0.2) is 17.2 Å². The van der Waals surface area contributed by atoms with Gasteiger partial charge >= 0.3 is 0 Å². The number of ether oxygens (including phenoxy) is 3. The number of amides is 1. The zero-order valence-electron chi connectivity index (χ0n) is 17.2. The first-order valence-corrected chi connectivity index (χ1v) is 9.14. The van der Waals surface area contributed by atoms with E-state index >= 15 is 0 Å². The molecule has 1 unspecified atom stereocenters. The van der Waals surface area contributed by atoms with Crippen LogP contribution in [0.15, 0.2) is 48.5 Å². The first-order chi connectivity index (χ1) is 14.5. The number of methoxy groups -OCH3 is 3. The van der Waals surface area contributed by atoms with Gasteiger partial charge in [-0.15, -0.1) is 0 Å². The highest BCUT2D eigenvalue weighted by molar-refractivity contribution is 5.93. The van der Waals surface area contributed by atoms with E-state index in [1.54, 1.807) is 22.9 Å². The van der Waals surface area contributed by atoms with Gasteiger partial charge in [-0.25, -0.2) is 4.68 Å². The van der Waals surface area contributed by atoms with Crippen molar-refractivity contribution in [3.8, 4) is 29.0 Å². The number of nitrogens with one attached hydrogen (secondary N) is 1. The van der Waals surface area contributed by atoms with Gasteiger partial charge in [-0.2, -0.15) is 10.4 Å². The number of aromatic nitrogens is 2.